The molecule has 5 nitrogen and oxygen atoms in total. The summed E-state index contributed by atoms with van der Waals surface area (Å²) in [5, 5.41) is 3.10. The van der Waals surface area contributed by atoms with Gasteiger partial charge in [-0.05, 0) is 33.8 Å². The number of esters is 1. The fraction of sp³-hybridized carbons (Fsp3) is 0.571. The predicted molar refractivity (Wildman–Crippen MR) is 72.9 cm³/mol. The van der Waals surface area contributed by atoms with Gasteiger partial charge in [0.25, 0.3) is 0 Å². The highest BCUT2D eigenvalue weighted by atomic mass is 16.6. The Balaban J connectivity index is 2.54. The van der Waals surface area contributed by atoms with Crippen LogP contribution in [0.3, 0.4) is 0 Å². The quantitative estimate of drug-likeness (QED) is 0.825. The van der Waals surface area contributed by atoms with Gasteiger partial charge in [0.15, 0.2) is 0 Å². The third-order valence-corrected chi connectivity index (χ3v) is 2.40. The van der Waals surface area contributed by atoms with Crippen LogP contribution in [-0.2, 0) is 16.1 Å². The summed E-state index contributed by atoms with van der Waals surface area (Å²) < 4.78 is 10.4. The van der Waals surface area contributed by atoms with E-state index in [-0.39, 0.29) is 12.0 Å². The molecule has 1 heterocycles. The average molecular weight is 266 g/mol. The van der Waals surface area contributed by atoms with Crippen LogP contribution in [0.1, 0.15) is 33.3 Å². The van der Waals surface area contributed by atoms with E-state index in [0.29, 0.717) is 12.4 Å². The molecule has 19 heavy (non-hydrogen) atoms. The van der Waals surface area contributed by atoms with Crippen LogP contribution in [0.15, 0.2) is 18.3 Å². The van der Waals surface area contributed by atoms with E-state index in [1.807, 2.05) is 32.9 Å². The van der Waals surface area contributed by atoms with Gasteiger partial charge in [-0.25, -0.2) is 4.98 Å². The number of aromatic nitrogens is 1. The molecule has 0 saturated carbocycles. The van der Waals surface area contributed by atoms with E-state index in [1.54, 1.807) is 20.2 Å². The Morgan fingerprint density at radius 2 is 2.16 bits per heavy atom. The molecule has 0 fully saturated rings. The van der Waals surface area contributed by atoms with Crippen LogP contribution in [-0.4, -0.2) is 29.7 Å². The molecule has 0 aliphatic rings. The SMILES string of the molecule is COc1ncccc1CNC(C)C(=O)OC(C)(C)C. The van der Waals surface area contributed by atoms with Crippen molar-refractivity contribution in [1.29, 1.82) is 0 Å². The number of rotatable bonds is 5. The lowest BCUT2D eigenvalue weighted by atomic mass is 10.2. The Bertz CT molecular complexity index is 427. The summed E-state index contributed by atoms with van der Waals surface area (Å²) in [5.41, 5.74) is 0.430. The molecule has 0 aromatic carbocycles. The van der Waals surface area contributed by atoms with Gasteiger partial charge in [-0.2, -0.15) is 0 Å². The van der Waals surface area contributed by atoms with Crippen molar-refractivity contribution in [2.75, 3.05) is 7.11 Å². The van der Waals surface area contributed by atoms with E-state index in [9.17, 15) is 4.79 Å². The highest BCUT2D eigenvalue weighted by Gasteiger charge is 2.21. The van der Waals surface area contributed by atoms with Crippen molar-refractivity contribution in [3.63, 3.8) is 0 Å². The van der Waals surface area contributed by atoms with Gasteiger partial charge in [0.05, 0.1) is 7.11 Å². The van der Waals surface area contributed by atoms with Crippen LogP contribution in [0.4, 0.5) is 0 Å². The summed E-state index contributed by atoms with van der Waals surface area (Å²) in [6.07, 6.45) is 1.67. The van der Waals surface area contributed by atoms with Gasteiger partial charge in [0, 0.05) is 18.3 Å². The van der Waals surface area contributed by atoms with E-state index in [1.165, 1.54) is 0 Å². The molecule has 0 spiro atoms. The Hall–Kier alpha value is -1.62. The molecular formula is C14H22N2O3. The van der Waals surface area contributed by atoms with Crippen LogP contribution in [0.25, 0.3) is 0 Å². The van der Waals surface area contributed by atoms with E-state index in [2.05, 4.69) is 10.3 Å². The third kappa shape index (κ3) is 5.26. The van der Waals surface area contributed by atoms with Gasteiger partial charge in [0.2, 0.25) is 5.88 Å². The number of ether oxygens (including phenoxy) is 2. The van der Waals surface area contributed by atoms with Crippen LogP contribution in [0.2, 0.25) is 0 Å². The topological polar surface area (TPSA) is 60.5 Å². The summed E-state index contributed by atoms with van der Waals surface area (Å²) in [4.78, 5) is 15.9. The van der Waals surface area contributed by atoms with Gasteiger partial charge >= 0.3 is 5.97 Å². The van der Waals surface area contributed by atoms with Crippen molar-refractivity contribution < 1.29 is 14.3 Å². The lowest BCUT2D eigenvalue weighted by Gasteiger charge is -2.22. The average Bonchev–Trinajstić information content (AvgIpc) is 2.34. The zero-order valence-electron chi connectivity index (χ0n) is 12.2. The second kappa shape index (κ2) is 6.52. The second-order valence-corrected chi connectivity index (χ2v) is 5.31. The molecule has 1 aromatic rings. The normalized spacial score (nSPS) is 12.9. The standard InChI is InChI=1S/C14H22N2O3/c1-10(13(17)19-14(2,3)4)16-9-11-7-6-8-15-12(11)18-5/h6-8,10,16H,9H2,1-5H3. The Kier molecular flexibility index (Phi) is 5.30. The molecule has 0 radical (unpaired) electrons. The number of carbonyl (C=O) groups is 1. The Labute approximate surface area is 114 Å². The zero-order valence-corrected chi connectivity index (χ0v) is 12.2. The Morgan fingerprint density at radius 3 is 2.74 bits per heavy atom. The summed E-state index contributed by atoms with van der Waals surface area (Å²) >= 11 is 0. The van der Waals surface area contributed by atoms with Crippen LogP contribution in [0, 0.1) is 0 Å². The summed E-state index contributed by atoms with van der Waals surface area (Å²) in [6.45, 7) is 7.82. The number of carbonyl (C=O) groups excluding carboxylic acids is 1. The van der Waals surface area contributed by atoms with E-state index in [4.69, 9.17) is 9.47 Å². The van der Waals surface area contributed by atoms with Crippen LogP contribution < -0.4 is 10.1 Å². The summed E-state index contributed by atoms with van der Waals surface area (Å²) in [5.74, 6) is 0.293. The van der Waals surface area contributed by atoms with Gasteiger partial charge in [-0.1, -0.05) is 6.07 Å². The highest BCUT2D eigenvalue weighted by molar-refractivity contribution is 5.75. The molecule has 0 aliphatic carbocycles. The number of pyridine rings is 1. The number of methoxy groups -OCH3 is 1. The molecular weight excluding hydrogens is 244 g/mol. The number of nitrogens with zero attached hydrogens (tertiary/aromatic N) is 1. The zero-order chi connectivity index (χ0) is 14.5. The van der Waals surface area contributed by atoms with Gasteiger partial charge in [-0.15, -0.1) is 0 Å². The fourth-order valence-electron chi connectivity index (χ4n) is 1.48. The van der Waals surface area contributed by atoms with Crippen molar-refractivity contribution in [3.8, 4) is 5.88 Å². The third-order valence-electron chi connectivity index (χ3n) is 2.40. The summed E-state index contributed by atoms with van der Waals surface area (Å²) in [7, 11) is 1.57. The highest BCUT2D eigenvalue weighted by Crippen LogP contribution is 2.13. The number of hydrogen-bond acceptors (Lipinski definition) is 5. The minimum Gasteiger partial charge on any atom is -0.481 e. The molecule has 0 saturated heterocycles. The molecule has 0 amide bonds. The van der Waals surface area contributed by atoms with Gasteiger partial charge in [0.1, 0.15) is 11.6 Å². The molecule has 0 bridgehead atoms. The first kappa shape index (κ1) is 15.4. The molecule has 0 aliphatic heterocycles. The lowest BCUT2D eigenvalue weighted by Crippen LogP contribution is -2.38. The molecule has 1 atom stereocenters. The van der Waals surface area contributed by atoms with Gasteiger partial charge in [-0.3, -0.25) is 4.79 Å². The smallest absolute Gasteiger partial charge is 0.323 e. The maximum atomic E-state index is 11.8. The predicted octanol–water partition coefficient (Wildman–Crippen LogP) is 1.91. The minimum absolute atomic E-state index is 0.268. The number of nitrogens with one attached hydrogen (secondary N) is 1. The number of hydrogen-bond donors (Lipinski definition) is 1. The van der Waals surface area contributed by atoms with Crippen molar-refractivity contribution >= 4 is 5.97 Å². The summed E-state index contributed by atoms with van der Waals surface area (Å²) in [6, 6.07) is 3.35. The molecule has 1 unspecified atom stereocenters. The largest absolute Gasteiger partial charge is 0.481 e. The first-order chi connectivity index (χ1) is 8.83. The van der Waals surface area contributed by atoms with Crippen molar-refractivity contribution in [1.82, 2.24) is 10.3 Å². The second-order valence-electron chi connectivity index (χ2n) is 5.31. The minimum atomic E-state index is -0.473. The maximum Gasteiger partial charge on any atom is 0.323 e. The monoisotopic (exact) mass is 266 g/mol. The Morgan fingerprint density at radius 1 is 1.47 bits per heavy atom. The lowest BCUT2D eigenvalue weighted by molar-refractivity contribution is -0.157. The van der Waals surface area contributed by atoms with Crippen molar-refractivity contribution in [2.24, 2.45) is 0 Å². The van der Waals surface area contributed by atoms with E-state index in [0.717, 1.165) is 5.56 Å². The molecule has 5 heteroatoms. The maximum absolute atomic E-state index is 11.8. The molecule has 1 rings (SSSR count). The molecule has 1 aromatic heterocycles. The molecule has 1 N–H and O–H groups in total. The van der Waals surface area contributed by atoms with E-state index >= 15 is 0 Å². The van der Waals surface area contributed by atoms with Crippen LogP contribution >= 0.6 is 0 Å². The van der Waals surface area contributed by atoms with Crippen molar-refractivity contribution in [2.45, 2.75) is 45.9 Å². The van der Waals surface area contributed by atoms with Crippen LogP contribution in [0.5, 0.6) is 5.88 Å². The first-order valence-electron chi connectivity index (χ1n) is 6.27. The van der Waals surface area contributed by atoms with Crippen molar-refractivity contribution in [3.05, 3.63) is 23.9 Å². The first-order valence-corrected chi connectivity index (χ1v) is 6.27. The fourth-order valence-corrected chi connectivity index (χ4v) is 1.48. The molecule has 106 valence electrons. The van der Waals surface area contributed by atoms with Gasteiger partial charge < -0.3 is 14.8 Å². The van der Waals surface area contributed by atoms with E-state index < -0.39 is 5.60 Å².